The van der Waals surface area contributed by atoms with Crippen molar-refractivity contribution in [3.05, 3.63) is 44.3 Å². The van der Waals surface area contributed by atoms with E-state index in [0.717, 1.165) is 53.7 Å². The van der Waals surface area contributed by atoms with Gasteiger partial charge >= 0.3 is 0 Å². The van der Waals surface area contributed by atoms with Crippen molar-refractivity contribution in [1.29, 1.82) is 0 Å². The molecule has 6 heteroatoms. The number of ether oxygens (including phenoxy) is 1. The monoisotopic (exact) mass is 410 g/mol. The van der Waals surface area contributed by atoms with Gasteiger partial charge in [-0.1, -0.05) is 6.07 Å². The number of unbranched alkanes of at least 4 members (excludes halogenated alkanes) is 1. The van der Waals surface area contributed by atoms with Crippen molar-refractivity contribution in [3.8, 4) is 5.75 Å². The maximum Gasteiger partial charge on any atom is 0.220 e. The van der Waals surface area contributed by atoms with Gasteiger partial charge in [-0.05, 0) is 66.2 Å². The molecule has 0 saturated heterocycles. The van der Waals surface area contributed by atoms with Crippen LogP contribution in [-0.4, -0.2) is 24.5 Å². The predicted octanol–water partition coefficient (Wildman–Crippen LogP) is 4.29. The number of aryl methyl sites for hydroxylation is 3. The number of amides is 1. The van der Waals surface area contributed by atoms with Crippen LogP contribution in [0.4, 0.5) is 0 Å². The van der Waals surface area contributed by atoms with Crippen LogP contribution in [0.15, 0.2) is 28.1 Å². The highest BCUT2D eigenvalue weighted by Crippen LogP contribution is 2.25. The maximum absolute atomic E-state index is 11.9. The van der Waals surface area contributed by atoms with E-state index in [1.165, 1.54) is 5.01 Å². The number of hydrogen-bond acceptors (Lipinski definition) is 4. The van der Waals surface area contributed by atoms with Crippen LogP contribution in [0.5, 0.6) is 5.75 Å². The molecule has 0 atom stereocenters. The molecule has 1 heterocycles. The van der Waals surface area contributed by atoms with Gasteiger partial charge in [0, 0.05) is 24.0 Å². The minimum atomic E-state index is 0.104. The van der Waals surface area contributed by atoms with Crippen LogP contribution in [0.2, 0.25) is 0 Å². The van der Waals surface area contributed by atoms with Crippen molar-refractivity contribution in [2.24, 2.45) is 0 Å². The fourth-order valence-corrected chi connectivity index (χ4v) is 3.76. The lowest BCUT2D eigenvalue weighted by atomic mass is 10.1. The Morgan fingerprint density at radius 3 is 2.83 bits per heavy atom. The summed E-state index contributed by atoms with van der Waals surface area (Å²) in [7, 11) is 1.64. The van der Waals surface area contributed by atoms with E-state index in [0.29, 0.717) is 6.42 Å². The Bertz CT molecular complexity index is 673. The Morgan fingerprint density at radius 1 is 1.33 bits per heavy atom. The number of nitrogens with one attached hydrogen (secondary N) is 1. The van der Waals surface area contributed by atoms with Crippen LogP contribution in [0.25, 0.3) is 0 Å². The number of rotatable bonds is 9. The summed E-state index contributed by atoms with van der Waals surface area (Å²) in [4.78, 5) is 16.3. The van der Waals surface area contributed by atoms with Gasteiger partial charge in [0.1, 0.15) is 5.75 Å². The quantitative estimate of drug-likeness (QED) is 0.627. The number of nitrogens with zero attached hydrogens (tertiary/aromatic N) is 1. The normalized spacial score (nSPS) is 10.6. The zero-order chi connectivity index (χ0) is 17.4. The molecule has 24 heavy (non-hydrogen) atoms. The first-order chi connectivity index (χ1) is 11.6. The number of thiazole rings is 1. The second-order valence-electron chi connectivity index (χ2n) is 5.66. The molecule has 0 aliphatic rings. The molecule has 0 bridgehead atoms. The summed E-state index contributed by atoms with van der Waals surface area (Å²) >= 11 is 5.18. The van der Waals surface area contributed by atoms with Crippen LogP contribution in [0, 0.1) is 6.92 Å². The minimum Gasteiger partial charge on any atom is -0.496 e. The predicted molar refractivity (Wildman–Crippen MR) is 102 cm³/mol. The second-order valence-corrected chi connectivity index (χ2v) is 7.46. The van der Waals surface area contributed by atoms with Gasteiger partial charge in [-0.3, -0.25) is 4.79 Å². The van der Waals surface area contributed by atoms with Crippen molar-refractivity contribution in [2.45, 2.75) is 39.0 Å². The zero-order valence-electron chi connectivity index (χ0n) is 14.1. The molecule has 2 rings (SSSR count). The molecule has 0 spiro atoms. The van der Waals surface area contributed by atoms with E-state index in [-0.39, 0.29) is 5.91 Å². The van der Waals surface area contributed by atoms with E-state index in [1.807, 2.05) is 25.1 Å². The van der Waals surface area contributed by atoms with E-state index in [2.05, 4.69) is 31.6 Å². The van der Waals surface area contributed by atoms with E-state index in [1.54, 1.807) is 18.4 Å². The lowest BCUT2D eigenvalue weighted by molar-refractivity contribution is -0.121. The molecule has 0 aliphatic carbocycles. The van der Waals surface area contributed by atoms with Crippen LogP contribution >= 0.6 is 27.3 Å². The number of methoxy groups -OCH3 is 1. The lowest BCUT2D eigenvalue weighted by Crippen LogP contribution is -2.24. The number of carbonyl (C=O) groups is 1. The van der Waals surface area contributed by atoms with Crippen molar-refractivity contribution < 1.29 is 9.53 Å². The van der Waals surface area contributed by atoms with Crippen molar-refractivity contribution >= 4 is 33.2 Å². The number of aromatic nitrogens is 1. The van der Waals surface area contributed by atoms with Gasteiger partial charge < -0.3 is 10.1 Å². The highest BCUT2D eigenvalue weighted by molar-refractivity contribution is 9.10. The largest absolute Gasteiger partial charge is 0.496 e. The number of halogens is 1. The van der Waals surface area contributed by atoms with Crippen molar-refractivity contribution in [1.82, 2.24) is 10.3 Å². The number of benzene rings is 1. The van der Waals surface area contributed by atoms with Crippen molar-refractivity contribution in [2.75, 3.05) is 13.7 Å². The Hall–Kier alpha value is -1.40. The van der Waals surface area contributed by atoms with Gasteiger partial charge in [0.05, 0.1) is 16.6 Å². The topological polar surface area (TPSA) is 51.2 Å². The number of hydrogen-bond donors (Lipinski definition) is 1. The molecular weight excluding hydrogens is 388 g/mol. The van der Waals surface area contributed by atoms with E-state index in [4.69, 9.17) is 4.74 Å². The Labute approximate surface area is 155 Å². The fraction of sp³-hybridized carbons (Fsp3) is 0.444. The van der Waals surface area contributed by atoms with Gasteiger partial charge in [0.25, 0.3) is 0 Å². The van der Waals surface area contributed by atoms with Gasteiger partial charge in [-0.2, -0.15) is 0 Å². The van der Waals surface area contributed by atoms with Gasteiger partial charge in [0.15, 0.2) is 0 Å². The molecule has 4 nitrogen and oxygen atoms in total. The summed E-state index contributed by atoms with van der Waals surface area (Å²) in [5.74, 6) is 0.908. The Morgan fingerprint density at radius 2 is 2.17 bits per heavy atom. The van der Waals surface area contributed by atoms with Crippen LogP contribution in [0.3, 0.4) is 0 Å². The van der Waals surface area contributed by atoms with Crippen LogP contribution in [0.1, 0.15) is 35.5 Å². The molecule has 1 amide bonds. The van der Waals surface area contributed by atoms with Gasteiger partial charge in [-0.15, -0.1) is 11.3 Å². The third-order valence-corrected chi connectivity index (χ3v) is 5.31. The molecule has 2 aromatic rings. The smallest absolute Gasteiger partial charge is 0.220 e. The minimum absolute atomic E-state index is 0.104. The zero-order valence-corrected chi connectivity index (χ0v) is 16.5. The molecule has 0 fully saturated rings. The standard InChI is InChI=1S/C18H23BrN2O2S/c1-13-12-24-18(21-13)5-3-4-10-20-17(22)9-7-14-6-8-16(23-2)15(19)11-14/h6,8,11-12H,3-5,7,9-10H2,1-2H3,(H,20,22). The third kappa shape index (κ3) is 6.24. The molecule has 0 unspecified atom stereocenters. The summed E-state index contributed by atoms with van der Waals surface area (Å²) in [5, 5.41) is 6.25. The first-order valence-electron chi connectivity index (χ1n) is 8.08. The highest BCUT2D eigenvalue weighted by Gasteiger charge is 2.05. The van der Waals surface area contributed by atoms with E-state index < -0.39 is 0 Å². The molecular formula is C18H23BrN2O2S. The van der Waals surface area contributed by atoms with Gasteiger partial charge in [-0.25, -0.2) is 4.98 Å². The fourth-order valence-electron chi connectivity index (χ4n) is 2.36. The summed E-state index contributed by atoms with van der Waals surface area (Å²) in [6.07, 6.45) is 4.27. The van der Waals surface area contributed by atoms with Crippen LogP contribution < -0.4 is 10.1 Å². The Kier molecular flexibility index (Phi) is 7.72. The summed E-state index contributed by atoms with van der Waals surface area (Å²) in [6, 6.07) is 5.91. The lowest BCUT2D eigenvalue weighted by Gasteiger charge is -2.07. The third-order valence-electron chi connectivity index (χ3n) is 3.66. The van der Waals surface area contributed by atoms with Gasteiger partial charge in [0.2, 0.25) is 5.91 Å². The SMILES string of the molecule is COc1ccc(CCC(=O)NCCCCc2nc(C)cs2)cc1Br. The van der Waals surface area contributed by atoms with Crippen LogP contribution in [-0.2, 0) is 17.6 Å². The van der Waals surface area contributed by atoms with Crippen molar-refractivity contribution in [3.63, 3.8) is 0 Å². The molecule has 0 saturated carbocycles. The highest BCUT2D eigenvalue weighted by atomic mass is 79.9. The van der Waals surface area contributed by atoms with E-state index in [9.17, 15) is 4.79 Å². The molecule has 0 aliphatic heterocycles. The second kappa shape index (κ2) is 9.79. The Balaban J connectivity index is 1.60. The average molecular weight is 411 g/mol. The summed E-state index contributed by atoms with van der Waals surface area (Å²) in [5.41, 5.74) is 2.21. The first kappa shape index (κ1) is 18.9. The molecule has 0 radical (unpaired) electrons. The average Bonchev–Trinajstić information content (AvgIpc) is 2.98. The molecule has 1 aromatic heterocycles. The maximum atomic E-state index is 11.9. The molecule has 1 N–H and O–H groups in total. The first-order valence-corrected chi connectivity index (χ1v) is 9.76. The summed E-state index contributed by atoms with van der Waals surface area (Å²) in [6.45, 7) is 2.75. The summed E-state index contributed by atoms with van der Waals surface area (Å²) < 4.78 is 6.12. The van der Waals surface area contributed by atoms with E-state index >= 15 is 0 Å². The number of carbonyl (C=O) groups excluding carboxylic acids is 1. The molecule has 130 valence electrons. The molecule has 1 aromatic carbocycles.